The fraction of sp³-hybridized carbons (Fsp3) is 0.556. The summed E-state index contributed by atoms with van der Waals surface area (Å²) in [6, 6.07) is 5.55. The highest BCUT2D eigenvalue weighted by atomic mass is 16.6. The molecule has 1 N–H and O–H groups in total. The molecule has 0 spiro atoms. The Bertz CT molecular complexity index is 644. The second-order valence-corrected chi connectivity index (χ2v) is 6.77. The van der Waals surface area contributed by atoms with Crippen molar-refractivity contribution in [1.82, 2.24) is 5.32 Å². The van der Waals surface area contributed by atoms with Gasteiger partial charge in [-0.25, -0.2) is 0 Å². The minimum absolute atomic E-state index is 0.0379. The average molecular weight is 332 g/mol. The van der Waals surface area contributed by atoms with Gasteiger partial charge in [0.25, 0.3) is 0 Å². The summed E-state index contributed by atoms with van der Waals surface area (Å²) < 4.78 is 11.1. The van der Waals surface area contributed by atoms with Crippen LogP contribution in [0.2, 0.25) is 0 Å². The highest BCUT2D eigenvalue weighted by Crippen LogP contribution is 2.36. The lowest BCUT2D eigenvalue weighted by Gasteiger charge is -2.22. The monoisotopic (exact) mass is 332 g/mol. The first kappa shape index (κ1) is 16.6. The Balaban J connectivity index is 1.70. The second kappa shape index (κ2) is 6.71. The number of anilines is 1. The van der Waals surface area contributed by atoms with Crippen molar-refractivity contribution in [2.45, 2.75) is 33.2 Å². The van der Waals surface area contributed by atoms with Gasteiger partial charge in [0.2, 0.25) is 11.8 Å². The maximum Gasteiger partial charge on any atom is 0.227 e. The predicted octanol–water partition coefficient (Wildman–Crippen LogP) is 1.97. The highest BCUT2D eigenvalue weighted by molar-refractivity contribution is 6.00. The number of nitrogens with zero attached hydrogens (tertiary/aromatic N) is 1. The Morgan fingerprint density at radius 1 is 1.21 bits per heavy atom. The van der Waals surface area contributed by atoms with Crippen LogP contribution < -0.4 is 19.7 Å². The third-order valence-electron chi connectivity index (χ3n) is 4.70. The summed E-state index contributed by atoms with van der Waals surface area (Å²) in [6.45, 7) is 7.54. The fourth-order valence-corrected chi connectivity index (χ4v) is 2.84. The number of hydrogen-bond donors (Lipinski definition) is 1. The van der Waals surface area contributed by atoms with Crippen molar-refractivity contribution in [3.63, 3.8) is 0 Å². The van der Waals surface area contributed by atoms with Gasteiger partial charge in [-0.1, -0.05) is 13.8 Å². The molecule has 1 aromatic carbocycles. The van der Waals surface area contributed by atoms with Gasteiger partial charge in [0.15, 0.2) is 11.5 Å². The first-order valence-corrected chi connectivity index (χ1v) is 8.46. The van der Waals surface area contributed by atoms with Crippen molar-refractivity contribution in [3.8, 4) is 11.5 Å². The summed E-state index contributed by atoms with van der Waals surface area (Å²) >= 11 is 0. The number of ether oxygens (including phenoxy) is 2. The number of fused-ring (bicyclic) bond motifs is 1. The van der Waals surface area contributed by atoms with E-state index in [0.29, 0.717) is 37.2 Å². The van der Waals surface area contributed by atoms with Gasteiger partial charge in [0.05, 0.1) is 5.92 Å². The topological polar surface area (TPSA) is 67.9 Å². The van der Waals surface area contributed by atoms with E-state index >= 15 is 0 Å². The van der Waals surface area contributed by atoms with Crippen LogP contribution in [-0.2, 0) is 9.59 Å². The van der Waals surface area contributed by atoms with Gasteiger partial charge in [-0.15, -0.1) is 0 Å². The summed E-state index contributed by atoms with van der Waals surface area (Å²) in [5.41, 5.74) is 0.747. The molecular weight excluding hydrogens is 308 g/mol. The molecule has 3 rings (SSSR count). The smallest absolute Gasteiger partial charge is 0.227 e. The molecule has 1 saturated heterocycles. The largest absolute Gasteiger partial charge is 0.486 e. The summed E-state index contributed by atoms with van der Waals surface area (Å²) in [5, 5.41) is 3.00. The quantitative estimate of drug-likeness (QED) is 0.915. The molecule has 2 aliphatic heterocycles. The second-order valence-electron chi connectivity index (χ2n) is 6.77. The molecule has 6 heteroatoms. The molecule has 0 bridgehead atoms. The minimum Gasteiger partial charge on any atom is -0.486 e. The highest BCUT2D eigenvalue weighted by Gasteiger charge is 2.36. The standard InChI is InChI=1S/C18H24N2O4/c1-11(2)12(3)19-18(22)13-8-17(21)20(10-13)14-4-5-15-16(9-14)24-7-6-23-15/h4-5,9,11-13H,6-8,10H2,1-3H3,(H,19,22)/t12-,13-/m0/s1. The molecule has 2 aliphatic rings. The van der Waals surface area contributed by atoms with Crippen molar-refractivity contribution in [2.24, 2.45) is 11.8 Å². The maximum absolute atomic E-state index is 12.4. The Morgan fingerprint density at radius 3 is 2.62 bits per heavy atom. The molecule has 1 fully saturated rings. The van der Waals surface area contributed by atoms with Crippen LogP contribution in [0.3, 0.4) is 0 Å². The molecule has 130 valence electrons. The fourth-order valence-electron chi connectivity index (χ4n) is 2.84. The molecule has 2 heterocycles. The lowest BCUT2D eigenvalue weighted by molar-refractivity contribution is -0.127. The van der Waals surface area contributed by atoms with Crippen molar-refractivity contribution >= 4 is 17.5 Å². The van der Waals surface area contributed by atoms with Gasteiger partial charge in [0, 0.05) is 30.8 Å². The van der Waals surface area contributed by atoms with Gasteiger partial charge in [-0.3, -0.25) is 9.59 Å². The van der Waals surface area contributed by atoms with Crippen LogP contribution in [0.1, 0.15) is 27.2 Å². The first-order valence-electron chi connectivity index (χ1n) is 8.46. The van der Waals surface area contributed by atoms with Crippen molar-refractivity contribution in [1.29, 1.82) is 0 Å². The number of rotatable bonds is 4. The number of nitrogens with one attached hydrogen (secondary N) is 1. The summed E-state index contributed by atoms with van der Waals surface area (Å²) in [5.74, 6) is 1.30. The van der Waals surface area contributed by atoms with Crippen molar-refractivity contribution in [2.75, 3.05) is 24.7 Å². The van der Waals surface area contributed by atoms with Crippen LogP contribution in [0.4, 0.5) is 5.69 Å². The summed E-state index contributed by atoms with van der Waals surface area (Å²) in [7, 11) is 0. The molecule has 0 saturated carbocycles. The van der Waals surface area contributed by atoms with E-state index in [9.17, 15) is 9.59 Å². The first-order chi connectivity index (χ1) is 11.5. The molecule has 0 unspecified atom stereocenters. The zero-order valence-corrected chi connectivity index (χ0v) is 14.4. The number of amides is 2. The third-order valence-corrected chi connectivity index (χ3v) is 4.70. The number of benzene rings is 1. The van der Waals surface area contributed by atoms with E-state index in [1.807, 2.05) is 25.1 Å². The molecule has 2 amide bonds. The lowest BCUT2D eigenvalue weighted by Crippen LogP contribution is -2.40. The summed E-state index contributed by atoms with van der Waals surface area (Å²) in [4.78, 5) is 26.4. The van der Waals surface area contributed by atoms with Gasteiger partial charge in [0.1, 0.15) is 13.2 Å². The van der Waals surface area contributed by atoms with Crippen molar-refractivity contribution in [3.05, 3.63) is 18.2 Å². The molecule has 0 radical (unpaired) electrons. The maximum atomic E-state index is 12.4. The molecular formula is C18H24N2O4. The van der Waals surface area contributed by atoms with Crippen LogP contribution in [-0.4, -0.2) is 37.6 Å². The van der Waals surface area contributed by atoms with Crippen molar-refractivity contribution < 1.29 is 19.1 Å². The van der Waals surface area contributed by atoms with Crippen LogP contribution >= 0.6 is 0 Å². The molecule has 24 heavy (non-hydrogen) atoms. The summed E-state index contributed by atoms with van der Waals surface area (Å²) in [6.07, 6.45) is 0.241. The zero-order chi connectivity index (χ0) is 17.3. The number of carbonyl (C=O) groups is 2. The van der Waals surface area contributed by atoms with E-state index in [-0.39, 0.29) is 30.2 Å². The van der Waals surface area contributed by atoms with E-state index in [1.165, 1.54) is 0 Å². The molecule has 2 atom stereocenters. The van der Waals surface area contributed by atoms with E-state index in [0.717, 1.165) is 5.69 Å². The van der Waals surface area contributed by atoms with Crippen LogP contribution in [0, 0.1) is 11.8 Å². The third kappa shape index (κ3) is 3.32. The molecule has 0 aliphatic carbocycles. The molecule has 0 aromatic heterocycles. The lowest BCUT2D eigenvalue weighted by atomic mass is 10.0. The number of carbonyl (C=O) groups excluding carboxylic acids is 2. The van der Waals surface area contributed by atoms with Gasteiger partial charge < -0.3 is 19.7 Å². The van der Waals surface area contributed by atoms with E-state index in [1.54, 1.807) is 4.90 Å². The normalized spacial score (nSPS) is 21.1. The molecule has 1 aromatic rings. The number of hydrogen-bond acceptors (Lipinski definition) is 4. The Morgan fingerprint density at radius 2 is 1.92 bits per heavy atom. The van der Waals surface area contributed by atoms with E-state index in [4.69, 9.17) is 9.47 Å². The van der Waals surface area contributed by atoms with E-state index < -0.39 is 0 Å². The SMILES string of the molecule is CC(C)[C@H](C)NC(=O)[C@H]1CC(=O)N(c2ccc3c(c2)OCCO3)C1. The van der Waals surface area contributed by atoms with Gasteiger partial charge in [-0.2, -0.15) is 0 Å². The zero-order valence-electron chi connectivity index (χ0n) is 14.4. The van der Waals surface area contributed by atoms with Crippen LogP contribution in [0.15, 0.2) is 18.2 Å². The minimum atomic E-state index is -0.313. The van der Waals surface area contributed by atoms with Gasteiger partial charge >= 0.3 is 0 Å². The van der Waals surface area contributed by atoms with Crippen LogP contribution in [0.25, 0.3) is 0 Å². The Hall–Kier alpha value is -2.24. The Kier molecular flexibility index (Phi) is 4.64. The predicted molar refractivity (Wildman–Crippen MR) is 90.3 cm³/mol. The van der Waals surface area contributed by atoms with E-state index in [2.05, 4.69) is 19.2 Å². The Labute approximate surface area is 142 Å². The average Bonchev–Trinajstić information content (AvgIpc) is 2.96. The van der Waals surface area contributed by atoms with Crippen LogP contribution in [0.5, 0.6) is 11.5 Å². The molecule has 6 nitrogen and oxygen atoms in total. The van der Waals surface area contributed by atoms with Gasteiger partial charge in [-0.05, 0) is 25.0 Å².